The van der Waals surface area contributed by atoms with E-state index in [1.165, 1.54) is 37.7 Å². The highest BCUT2D eigenvalue weighted by Crippen LogP contribution is 2.49. The smallest absolute Gasteiger partial charge is 0.220 e. The third kappa shape index (κ3) is 3.14. The molecule has 3 rings (SSSR count). The zero-order valence-corrected chi connectivity index (χ0v) is 13.3. The Kier molecular flexibility index (Phi) is 3.81. The minimum atomic E-state index is 0.195. The van der Waals surface area contributed by atoms with Crippen molar-refractivity contribution in [2.24, 2.45) is 10.8 Å². The Morgan fingerprint density at radius 1 is 1.10 bits per heavy atom. The van der Waals surface area contributed by atoms with Crippen molar-refractivity contribution < 1.29 is 4.79 Å². The fourth-order valence-corrected chi connectivity index (χ4v) is 4.24. The molecule has 1 heterocycles. The number of nitrogens with one attached hydrogen (secondary N) is 1. The van der Waals surface area contributed by atoms with Crippen molar-refractivity contribution in [2.75, 3.05) is 0 Å². The van der Waals surface area contributed by atoms with Crippen LogP contribution in [-0.4, -0.2) is 11.9 Å². The summed E-state index contributed by atoms with van der Waals surface area (Å²) in [4.78, 5) is 12.1. The highest BCUT2D eigenvalue weighted by Gasteiger charge is 2.47. The van der Waals surface area contributed by atoms with Gasteiger partial charge in [-0.1, -0.05) is 50.6 Å². The average molecular weight is 285 g/mol. The summed E-state index contributed by atoms with van der Waals surface area (Å²) >= 11 is 0. The lowest BCUT2D eigenvalue weighted by molar-refractivity contribution is -0.119. The molecule has 1 saturated heterocycles. The fourth-order valence-electron chi connectivity index (χ4n) is 4.24. The van der Waals surface area contributed by atoms with Crippen molar-refractivity contribution in [2.45, 2.75) is 64.8 Å². The second-order valence-electron chi connectivity index (χ2n) is 7.87. The standard InChI is InChI=1S/C19H27NO/c1-18(2)9-6-10-19(12-11-18)14-17(21)20-16(19)13-15-7-4-3-5-8-15/h3-5,7-8,16H,6,9-14H2,1-2H3,(H,20,21). The van der Waals surface area contributed by atoms with Gasteiger partial charge in [-0.3, -0.25) is 4.79 Å². The van der Waals surface area contributed by atoms with E-state index in [9.17, 15) is 4.79 Å². The second-order valence-corrected chi connectivity index (χ2v) is 7.87. The second kappa shape index (κ2) is 5.47. The van der Waals surface area contributed by atoms with E-state index >= 15 is 0 Å². The first-order valence-electron chi connectivity index (χ1n) is 8.33. The van der Waals surface area contributed by atoms with Crippen molar-refractivity contribution in [3.63, 3.8) is 0 Å². The van der Waals surface area contributed by atoms with Gasteiger partial charge in [0.2, 0.25) is 5.91 Å². The Balaban J connectivity index is 1.80. The molecule has 1 aliphatic heterocycles. The molecule has 114 valence electrons. The normalized spacial score (nSPS) is 31.9. The Morgan fingerprint density at radius 2 is 1.86 bits per heavy atom. The number of carbonyl (C=O) groups excluding carboxylic acids is 1. The van der Waals surface area contributed by atoms with Crippen molar-refractivity contribution in [1.82, 2.24) is 5.32 Å². The molecule has 2 fully saturated rings. The minimum absolute atomic E-state index is 0.195. The molecule has 1 aromatic carbocycles. The van der Waals surface area contributed by atoms with Crippen molar-refractivity contribution in [1.29, 1.82) is 0 Å². The van der Waals surface area contributed by atoms with E-state index in [0.29, 0.717) is 11.5 Å². The third-order valence-electron chi connectivity index (χ3n) is 5.70. The van der Waals surface area contributed by atoms with Crippen molar-refractivity contribution >= 4 is 5.91 Å². The van der Waals surface area contributed by atoms with Crippen LogP contribution in [0.5, 0.6) is 0 Å². The first kappa shape index (κ1) is 14.6. The van der Waals surface area contributed by atoms with Crippen LogP contribution >= 0.6 is 0 Å². The molecular formula is C19H27NO. The van der Waals surface area contributed by atoms with Crippen LogP contribution in [0.25, 0.3) is 0 Å². The number of benzene rings is 1. The maximum atomic E-state index is 12.1. The van der Waals surface area contributed by atoms with Crippen LogP contribution in [0.1, 0.15) is 57.9 Å². The van der Waals surface area contributed by atoms with Gasteiger partial charge in [0.25, 0.3) is 0 Å². The monoisotopic (exact) mass is 285 g/mol. The Morgan fingerprint density at radius 3 is 2.62 bits per heavy atom. The molecule has 2 nitrogen and oxygen atoms in total. The highest BCUT2D eigenvalue weighted by atomic mass is 16.2. The first-order valence-corrected chi connectivity index (χ1v) is 8.33. The summed E-state index contributed by atoms with van der Waals surface area (Å²) in [7, 11) is 0. The van der Waals surface area contributed by atoms with Crippen LogP contribution in [-0.2, 0) is 11.2 Å². The summed E-state index contributed by atoms with van der Waals surface area (Å²) in [6.45, 7) is 4.75. The van der Waals surface area contributed by atoms with E-state index in [4.69, 9.17) is 0 Å². The maximum Gasteiger partial charge on any atom is 0.220 e. The lowest BCUT2D eigenvalue weighted by Crippen LogP contribution is -2.39. The van der Waals surface area contributed by atoms with E-state index in [1.54, 1.807) is 0 Å². The molecule has 1 aliphatic carbocycles. The van der Waals surface area contributed by atoms with Gasteiger partial charge in [0.15, 0.2) is 0 Å². The summed E-state index contributed by atoms with van der Waals surface area (Å²) in [5.41, 5.74) is 1.97. The lowest BCUT2D eigenvalue weighted by Gasteiger charge is -2.34. The SMILES string of the molecule is CC1(C)CCCC2(CC1)CC(=O)NC2Cc1ccccc1. The minimum Gasteiger partial charge on any atom is -0.352 e. The van der Waals surface area contributed by atoms with E-state index in [2.05, 4.69) is 49.5 Å². The molecule has 1 spiro atoms. The van der Waals surface area contributed by atoms with E-state index in [-0.39, 0.29) is 11.3 Å². The molecule has 2 aliphatic rings. The number of hydrogen-bond acceptors (Lipinski definition) is 1. The number of amides is 1. The summed E-state index contributed by atoms with van der Waals surface area (Å²) in [5.74, 6) is 0.260. The molecule has 0 aromatic heterocycles. The van der Waals surface area contributed by atoms with Gasteiger partial charge < -0.3 is 5.32 Å². The van der Waals surface area contributed by atoms with Gasteiger partial charge in [-0.15, -0.1) is 0 Å². The van der Waals surface area contributed by atoms with Gasteiger partial charge in [-0.05, 0) is 48.5 Å². The number of rotatable bonds is 2. The van der Waals surface area contributed by atoms with E-state index in [1.807, 2.05) is 0 Å². The third-order valence-corrected chi connectivity index (χ3v) is 5.70. The lowest BCUT2D eigenvalue weighted by atomic mass is 9.71. The predicted molar refractivity (Wildman–Crippen MR) is 86.0 cm³/mol. The van der Waals surface area contributed by atoms with E-state index in [0.717, 1.165) is 12.8 Å². The molecule has 0 radical (unpaired) electrons. The summed E-state index contributed by atoms with van der Waals surface area (Å²) in [6, 6.07) is 10.9. The topological polar surface area (TPSA) is 29.1 Å². The molecule has 1 N–H and O–H groups in total. The Labute approximate surface area is 128 Å². The molecule has 21 heavy (non-hydrogen) atoms. The number of hydrogen-bond donors (Lipinski definition) is 1. The molecule has 1 aromatic rings. The van der Waals surface area contributed by atoms with Gasteiger partial charge in [0.05, 0.1) is 0 Å². The van der Waals surface area contributed by atoms with E-state index < -0.39 is 0 Å². The largest absolute Gasteiger partial charge is 0.352 e. The Hall–Kier alpha value is -1.31. The maximum absolute atomic E-state index is 12.1. The number of carbonyl (C=O) groups is 1. The zero-order chi connectivity index (χ0) is 14.9. The van der Waals surface area contributed by atoms with Gasteiger partial charge in [0.1, 0.15) is 0 Å². The quantitative estimate of drug-likeness (QED) is 0.871. The molecule has 2 heteroatoms. The van der Waals surface area contributed by atoms with Crippen LogP contribution in [0.3, 0.4) is 0 Å². The summed E-state index contributed by atoms with van der Waals surface area (Å²) < 4.78 is 0. The van der Waals surface area contributed by atoms with Crippen LogP contribution in [0.2, 0.25) is 0 Å². The Bertz CT molecular complexity index is 508. The van der Waals surface area contributed by atoms with Gasteiger partial charge in [0, 0.05) is 12.5 Å². The van der Waals surface area contributed by atoms with Crippen molar-refractivity contribution in [3.05, 3.63) is 35.9 Å². The van der Waals surface area contributed by atoms with Gasteiger partial charge in [-0.2, -0.15) is 0 Å². The fraction of sp³-hybridized carbons (Fsp3) is 0.632. The molecule has 2 unspecified atom stereocenters. The van der Waals surface area contributed by atoms with Gasteiger partial charge in [-0.25, -0.2) is 0 Å². The van der Waals surface area contributed by atoms with Crippen LogP contribution in [0.4, 0.5) is 0 Å². The van der Waals surface area contributed by atoms with Crippen molar-refractivity contribution in [3.8, 4) is 0 Å². The highest BCUT2D eigenvalue weighted by molar-refractivity contribution is 5.80. The van der Waals surface area contributed by atoms with Crippen LogP contribution in [0, 0.1) is 10.8 Å². The van der Waals surface area contributed by atoms with Gasteiger partial charge >= 0.3 is 0 Å². The molecule has 1 amide bonds. The molecule has 1 saturated carbocycles. The summed E-state index contributed by atoms with van der Waals surface area (Å²) in [5, 5.41) is 3.28. The average Bonchev–Trinajstić information content (AvgIpc) is 2.64. The molecule has 0 bridgehead atoms. The zero-order valence-electron chi connectivity index (χ0n) is 13.3. The summed E-state index contributed by atoms with van der Waals surface area (Å²) in [6.07, 6.45) is 7.90. The van der Waals surface area contributed by atoms with Crippen LogP contribution in [0.15, 0.2) is 30.3 Å². The predicted octanol–water partition coefficient (Wildman–Crippen LogP) is 4.09. The molecular weight excluding hydrogens is 258 g/mol. The van der Waals surface area contributed by atoms with Crippen LogP contribution < -0.4 is 5.32 Å². The molecule has 2 atom stereocenters. The first-order chi connectivity index (χ1) is 9.99.